The van der Waals surface area contributed by atoms with Crippen LogP contribution in [0.3, 0.4) is 0 Å². The molecule has 1 unspecified atom stereocenters. The quantitative estimate of drug-likeness (QED) is 0.717. The third-order valence-corrected chi connectivity index (χ3v) is 5.79. The number of carbonyl (C=O) groups excluding carboxylic acids is 1. The molecule has 0 aromatic carbocycles. The van der Waals surface area contributed by atoms with Crippen molar-refractivity contribution in [1.29, 1.82) is 0 Å². The maximum Gasteiger partial charge on any atom is 0.250 e. The highest BCUT2D eigenvalue weighted by Gasteiger charge is 2.20. The summed E-state index contributed by atoms with van der Waals surface area (Å²) in [5, 5.41) is 5.87. The first kappa shape index (κ1) is 17.7. The normalized spacial score (nSPS) is 18.6. The first-order chi connectivity index (χ1) is 8.97. The predicted octanol–water partition coefficient (Wildman–Crippen LogP) is 0.580. The maximum absolute atomic E-state index is 11.8. The van der Waals surface area contributed by atoms with E-state index in [1.807, 2.05) is 0 Å². The Morgan fingerprint density at radius 3 is 2.80 bits per heavy atom. The van der Waals surface area contributed by atoms with Crippen LogP contribution in [0.2, 0.25) is 4.34 Å². The Bertz CT molecular complexity index is 556. The van der Waals surface area contributed by atoms with E-state index in [0.717, 1.165) is 30.8 Å². The average Bonchev–Trinajstić information content (AvgIpc) is 2.98. The van der Waals surface area contributed by atoms with Crippen LogP contribution in [0.25, 0.3) is 0 Å². The fourth-order valence-corrected chi connectivity index (χ4v) is 4.24. The van der Waals surface area contributed by atoms with Crippen LogP contribution in [0, 0.1) is 0 Å². The zero-order chi connectivity index (χ0) is 13.9. The van der Waals surface area contributed by atoms with Crippen LogP contribution in [-0.4, -0.2) is 40.0 Å². The second-order valence-corrected chi connectivity index (χ2v) is 7.85. The molecule has 3 N–H and O–H groups in total. The highest BCUT2D eigenvalue weighted by Crippen LogP contribution is 2.25. The van der Waals surface area contributed by atoms with Crippen LogP contribution >= 0.6 is 35.3 Å². The summed E-state index contributed by atoms with van der Waals surface area (Å²) in [5.41, 5.74) is 0. The smallest absolute Gasteiger partial charge is 0.250 e. The summed E-state index contributed by atoms with van der Waals surface area (Å²) >= 11 is 6.64. The summed E-state index contributed by atoms with van der Waals surface area (Å²) in [6.07, 6.45) is 0.860. The van der Waals surface area contributed by atoms with Crippen molar-refractivity contribution in [3.8, 4) is 0 Å². The third-order valence-electron chi connectivity index (χ3n) is 2.66. The summed E-state index contributed by atoms with van der Waals surface area (Å²) in [5.74, 6) is -0.333. The van der Waals surface area contributed by atoms with E-state index in [0.29, 0.717) is 4.34 Å². The first-order valence-electron chi connectivity index (χ1n) is 5.72. The lowest BCUT2D eigenvalue weighted by Gasteiger charge is -2.11. The summed E-state index contributed by atoms with van der Waals surface area (Å²) in [4.78, 5) is 11.6. The van der Waals surface area contributed by atoms with E-state index in [1.165, 1.54) is 12.1 Å². The number of nitrogens with one attached hydrogen (secondary N) is 3. The number of hydrogen-bond acceptors (Lipinski definition) is 5. The molecule has 1 aliphatic rings. The van der Waals surface area contributed by atoms with Crippen molar-refractivity contribution < 1.29 is 13.2 Å². The van der Waals surface area contributed by atoms with Gasteiger partial charge >= 0.3 is 0 Å². The summed E-state index contributed by atoms with van der Waals surface area (Å²) in [6.45, 7) is 1.32. The second kappa shape index (κ2) is 7.58. The molecule has 1 aromatic rings. The number of rotatable bonds is 5. The van der Waals surface area contributed by atoms with E-state index in [1.54, 1.807) is 0 Å². The molecule has 2 heterocycles. The van der Waals surface area contributed by atoms with Crippen LogP contribution < -0.4 is 15.4 Å². The van der Waals surface area contributed by atoms with Gasteiger partial charge in [0.1, 0.15) is 4.21 Å². The Morgan fingerprint density at radius 2 is 2.25 bits per heavy atom. The van der Waals surface area contributed by atoms with Gasteiger partial charge in [-0.2, -0.15) is 0 Å². The van der Waals surface area contributed by atoms with E-state index in [4.69, 9.17) is 11.6 Å². The van der Waals surface area contributed by atoms with Gasteiger partial charge in [0.05, 0.1) is 10.9 Å². The Morgan fingerprint density at radius 1 is 1.50 bits per heavy atom. The van der Waals surface area contributed by atoms with Crippen LogP contribution in [0.5, 0.6) is 0 Å². The van der Waals surface area contributed by atoms with E-state index in [2.05, 4.69) is 15.4 Å². The molecule has 0 bridgehead atoms. The van der Waals surface area contributed by atoms with Crippen LogP contribution in [0.15, 0.2) is 16.3 Å². The Kier molecular flexibility index (Phi) is 6.70. The zero-order valence-electron chi connectivity index (χ0n) is 10.4. The van der Waals surface area contributed by atoms with E-state index in [9.17, 15) is 13.2 Å². The highest BCUT2D eigenvalue weighted by molar-refractivity contribution is 7.91. The number of halogens is 2. The van der Waals surface area contributed by atoms with Crippen molar-refractivity contribution in [3.05, 3.63) is 16.5 Å². The Balaban J connectivity index is 0.00000200. The van der Waals surface area contributed by atoms with E-state index in [-0.39, 0.29) is 35.1 Å². The lowest BCUT2D eigenvalue weighted by atomic mass is 10.2. The fraction of sp³-hybridized carbons (Fsp3) is 0.500. The molecule has 0 saturated carbocycles. The van der Waals surface area contributed by atoms with E-state index >= 15 is 0 Å². The largest absolute Gasteiger partial charge is 0.351 e. The summed E-state index contributed by atoms with van der Waals surface area (Å²) < 4.78 is 26.4. The van der Waals surface area contributed by atoms with Gasteiger partial charge in [-0.15, -0.1) is 23.7 Å². The minimum Gasteiger partial charge on any atom is -0.351 e. The summed E-state index contributed by atoms with van der Waals surface area (Å²) in [6, 6.07) is 2.99. The second-order valence-electron chi connectivity index (χ2n) is 4.14. The zero-order valence-corrected chi connectivity index (χ0v) is 13.6. The predicted molar refractivity (Wildman–Crippen MR) is 81.2 cm³/mol. The van der Waals surface area contributed by atoms with Gasteiger partial charge in [0.15, 0.2) is 0 Å². The van der Waals surface area contributed by atoms with Crippen LogP contribution in [0.4, 0.5) is 0 Å². The van der Waals surface area contributed by atoms with Crippen molar-refractivity contribution in [2.45, 2.75) is 16.7 Å². The average molecular weight is 360 g/mol. The third kappa shape index (κ3) is 4.87. The number of amides is 1. The molecule has 114 valence electrons. The van der Waals surface area contributed by atoms with Crippen molar-refractivity contribution >= 4 is 51.3 Å². The molecule has 1 aliphatic heterocycles. The van der Waals surface area contributed by atoms with Crippen LogP contribution in [0.1, 0.15) is 6.42 Å². The molecule has 6 nitrogen and oxygen atoms in total. The lowest BCUT2D eigenvalue weighted by molar-refractivity contribution is -0.120. The highest BCUT2D eigenvalue weighted by atomic mass is 35.5. The van der Waals surface area contributed by atoms with Gasteiger partial charge in [-0.3, -0.25) is 4.79 Å². The molecule has 0 spiro atoms. The monoisotopic (exact) mass is 359 g/mol. The molecule has 1 aromatic heterocycles. The van der Waals surface area contributed by atoms with Gasteiger partial charge in [-0.1, -0.05) is 11.6 Å². The van der Waals surface area contributed by atoms with Gasteiger partial charge < -0.3 is 10.6 Å². The van der Waals surface area contributed by atoms with Crippen molar-refractivity contribution in [1.82, 2.24) is 15.4 Å². The molecule has 1 fully saturated rings. The topological polar surface area (TPSA) is 87.3 Å². The standard InChI is InChI=1S/C10H14ClN3O3S2.ClH/c11-8-1-2-10(18-8)19(16,17)13-6-9(15)14-7-3-4-12-5-7;/h1-2,7,12-13H,3-6H2,(H,14,15);1H. The molecular formula is C10H15Cl2N3O3S2. The molecule has 0 aliphatic carbocycles. The number of hydrogen-bond donors (Lipinski definition) is 3. The Labute approximate surface area is 132 Å². The van der Waals surface area contributed by atoms with E-state index < -0.39 is 10.0 Å². The Hall–Kier alpha value is -0.380. The molecular weight excluding hydrogens is 345 g/mol. The molecule has 1 saturated heterocycles. The molecule has 1 atom stereocenters. The first-order valence-corrected chi connectivity index (χ1v) is 8.40. The van der Waals surface area contributed by atoms with Crippen molar-refractivity contribution in [2.75, 3.05) is 19.6 Å². The van der Waals surface area contributed by atoms with Crippen LogP contribution in [-0.2, 0) is 14.8 Å². The van der Waals surface area contributed by atoms with Gasteiger partial charge in [-0.05, 0) is 25.1 Å². The molecule has 20 heavy (non-hydrogen) atoms. The number of carbonyl (C=O) groups is 1. The van der Waals surface area contributed by atoms with Crippen molar-refractivity contribution in [2.24, 2.45) is 0 Å². The molecule has 10 heteroatoms. The maximum atomic E-state index is 11.8. The van der Waals surface area contributed by atoms with Gasteiger partial charge in [0, 0.05) is 12.6 Å². The van der Waals surface area contributed by atoms with Gasteiger partial charge in [0.2, 0.25) is 5.91 Å². The lowest BCUT2D eigenvalue weighted by Crippen LogP contribution is -2.42. The molecule has 2 rings (SSSR count). The SMILES string of the molecule is Cl.O=C(CNS(=O)(=O)c1ccc(Cl)s1)NC1CCNC1. The number of sulfonamides is 1. The minimum absolute atomic E-state index is 0. The number of thiophene rings is 1. The minimum atomic E-state index is -3.66. The van der Waals surface area contributed by atoms with Crippen molar-refractivity contribution in [3.63, 3.8) is 0 Å². The summed E-state index contributed by atoms with van der Waals surface area (Å²) in [7, 11) is -3.66. The van der Waals surface area contributed by atoms with Gasteiger partial charge in [-0.25, -0.2) is 13.1 Å². The fourth-order valence-electron chi connectivity index (χ4n) is 1.73. The molecule has 1 amide bonds. The molecule has 0 radical (unpaired) electrons. The van der Waals surface area contributed by atoms with Gasteiger partial charge in [0.25, 0.3) is 10.0 Å².